The Morgan fingerprint density at radius 2 is 1.97 bits per heavy atom. The summed E-state index contributed by atoms with van der Waals surface area (Å²) in [7, 11) is 1.93. The highest BCUT2D eigenvalue weighted by molar-refractivity contribution is 7.19. The molecule has 0 atom stereocenters. The number of hydrogen-bond acceptors (Lipinski definition) is 7. The molecule has 4 rings (SSSR count). The smallest absolute Gasteiger partial charge is 0.230 e. The third-order valence-corrected chi connectivity index (χ3v) is 5.99. The van der Waals surface area contributed by atoms with Crippen molar-refractivity contribution < 1.29 is 14.1 Å². The molecule has 0 saturated heterocycles. The molecule has 3 aromatic heterocycles. The Kier molecular flexibility index (Phi) is 5.85. The van der Waals surface area contributed by atoms with Crippen LogP contribution >= 0.6 is 11.3 Å². The zero-order valence-corrected chi connectivity index (χ0v) is 18.6. The minimum absolute atomic E-state index is 0.121. The maximum Gasteiger partial charge on any atom is 0.230 e. The number of aryl methyl sites for hydroxylation is 4. The van der Waals surface area contributed by atoms with E-state index in [0.717, 1.165) is 44.7 Å². The quantitative estimate of drug-likeness (QED) is 0.465. The van der Waals surface area contributed by atoms with Crippen molar-refractivity contribution in [3.05, 3.63) is 64.9 Å². The molecule has 0 bridgehead atoms. The monoisotopic (exact) mass is 437 g/mol. The number of hydrogen-bond donors (Lipinski definition) is 1. The molecule has 3 heterocycles. The molecule has 1 N–H and O–H groups in total. The highest BCUT2D eigenvalue weighted by atomic mass is 32.1. The first-order valence-electron chi connectivity index (χ1n) is 9.79. The molecule has 0 fully saturated rings. The Balaban J connectivity index is 1.34. The molecule has 31 heavy (non-hydrogen) atoms. The number of carbonyl (C=O) groups is 1. The molecule has 0 aliphatic carbocycles. The van der Waals surface area contributed by atoms with Gasteiger partial charge in [0.15, 0.2) is 11.0 Å². The maximum absolute atomic E-state index is 12.5. The minimum Gasteiger partial charge on any atom is -0.489 e. The second kappa shape index (κ2) is 8.73. The summed E-state index contributed by atoms with van der Waals surface area (Å²) in [5.74, 6) is 2.20. The van der Waals surface area contributed by atoms with Crippen LogP contribution in [0.3, 0.4) is 0 Å². The highest BCUT2D eigenvalue weighted by Crippen LogP contribution is 2.31. The average molecular weight is 438 g/mol. The fourth-order valence-electron chi connectivity index (χ4n) is 3.16. The zero-order valence-electron chi connectivity index (χ0n) is 17.8. The zero-order chi connectivity index (χ0) is 22.0. The van der Waals surface area contributed by atoms with Crippen molar-refractivity contribution in [2.24, 2.45) is 7.05 Å². The number of benzene rings is 1. The molecular formula is C22H23N5O3S. The molecule has 0 saturated carbocycles. The minimum atomic E-state index is -0.121. The molecule has 0 unspecified atom stereocenters. The summed E-state index contributed by atoms with van der Waals surface area (Å²) in [4.78, 5) is 22.3. The molecule has 0 spiro atoms. The van der Waals surface area contributed by atoms with E-state index >= 15 is 0 Å². The van der Waals surface area contributed by atoms with E-state index in [-0.39, 0.29) is 12.3 Å². The number of ether oxygens (including phenoxy) is 1. The van der Waals surface area contributed by atoms with Gasteiger partial charge in [0.05, 0.1) is 28.2 Å². The van der Waals surface area contributed by atoms with Gasteiger partial charge in [-0.25, -0.2) is 9.97 Å². The van der Waals surface area contributed by atoms with E-state index in [1.165, 1.54) is 11.3 Å². The maximum atomic E-state index is 12.5. The highest BCUT2D eigenvalue weighted by Gasteiger charge is 2.15. The fraction of sp³-hybridized carbons (Fsp3) is 0.273. The van der Waals surface area contributed by atoms with Gasteiger partial charge in [0.25, 0.3) is 0 Å². The molecule has 0 aliphatic rings. The summed E-state index contributed by atoms with van der Waals surface area (Å²) >= 11 is 1.42. The van der Waals surface area contributed by atoms with E-state index in [0.29, 0.717) is 11.7 Å². The van der Waals surface area contributed by atoms with E-state index in [1.807, 2.05) is 62.8 Å². The molecule has 1 aromatic carbocycles. The van der Waals surface area contributed by atoms with Crippen molar-refractivity contribution >= 4 is 22.4 Å². The van der Waals surface area contributed by atoms with Gasteiger partial charge in [0, 0.05) is 19.4 Å². The van der Waals surface area contributed by atoms with Crippen LogP contribution in [0.5, 0.6) is 5.75 Å². The van der Waals surface area contributed by atoms with E-state index in [2.05, 4.69) is 20.4 Å². The number of carbonyl (C=O) groups excluding carboxylic acids is 1. The second-order valence-corrected chi connectivity index (χ2v) is 8.25. The fourth-order valence-corrected chi connectivity index (χ4v) is 4.18. The van der Waals surface area contributed by atoms with Crippen molar-refractivity contribution in [2.75, 3.05) is 5.32 Å². The van der Waals surface area contributed by atoms with Crippen LogP contribution in [0.4, 0.5) is 5.13 Å². The predicted octanol–water partition coefficient (Wildman–Crippen LogP) is 4.22. The number of amides is 1. The summed E-state index contributed by atoms with van der Waals surface area (Å²) in [6.45, 7) is 6.06. The number of rotatable bonds is 7. The van der Waals surface area contributed by atoms with Gasteiger partial charge < -0.3 is 19.1 Å². The van der Waals surface area contributed by atoms with Gasteiger partial charge in [-0.1, -0.05) is 28.6 Å². The lowest BCUT2D eigenvalue weighted by molar-refractivity contribution is -0.115. The number of imidazole rings is 1. The van der Waals surface area contributed by atoms with Gasteiger partial charge >= 0.3 is 0 Å². The summed E-state index contributed by atoms with van der Waals surface area (Å²) < 4.78 is 12.9. The van der Waals surface area contributed by atoms with Crippen molar-refractivity contribution in [1.82, 2.24) is 19.7 Å². The summed E-state index contributed by atoms with van der Waals surface area (Å²) in [6, 6.07) is 7.48. The predicted molar refractivity (Wildman–Crippen MR) is 118 cm³/mol. The Hall–Kier alpha value is -3.46. The van der Waals surface area contributed by atoms with Crippen LogP contribution in [-0.2, 0) is 24.9 Å². The first-order valence-corrected chi connectivity index (χ1v) is 10.6. The third-order valence-electron chi connectivity index (χ3n) is 4.92. The van der Waals surface area contributed by atoms with Crippen LogP contribution in [0.25, 0.3) is 10.7 Å². The SMILES string of the molecule is Cc1nc(NC(=O)Cc2ccc(OCc3c(C)noc3C)cc2)sc1-c1nccn1C. The van der Waals surface area contributed by atoms with Crippen LogP contribution in [0.2, 0.25) is 0 Å². The summed E-state index contributed by atoms with van der Waals surface area (Å²) in [5, 5.41) is 7.38. The molecule has 0 radical (unpaired) electrons. The molecule has 4 aromatic rings. The lowest BCUT2D eigenvalue weighted by Crippen LogP contribution is -2.14. The molecule has 9 heteroatoms. The lowest BCUT2D eigenvalue weighted by atomic mass is 10.1. The number of nitrogens with zero attached hydrogens (tertiary/aromatic N) is 4. The average Bonchev–Trinajstić information content (AvgIpc) is 3.40. The molecule has 1 amide bonds. The topological polar surface area (TPSA) is 95.1 Å². The van der Waals surface area contributed by atoms with E-state index in [4.69, 9.17) is 9.26 Å². The van der Waals surface area contributed by atoms with Crippen LogP contribution < -0.4 is 10.1 Å². The standard InChI is InChI=1S/C22H23N5O3S/c1-13-18(15(3)30-26-13)12-29-17-7-5-16(6-8-17)11-19(28)25-22-24-14(2)20(31-22)21-23-9-10-27(21)4/h5-10H,11-12H2,1-4H3,(H,24,25,28). The lowest BCUT2D eigenvalue weighted by Gasteiger charge is -2.07. The Morgan fingerprint density at radius 3 is 2.61 bits per heavy atom. The number of anilines is 1. The molecular weight excluding hydrogens is 414 g/mol. The number of aromatic nitrogens is 4. The van der Waals surface area contributed by atoms with Gasteiger partial charge in [-0.3, -0.25) is 4.79 Å². The van der Waals surface area contributed by atoms with E-state index in [1.54, 1.807) is 6.20 Å². The number of thiazole rings is 1. The van der Waals surface area contributed by atoms with Gasteiger partial charge in [-0.05, 0) is 38.5 Å². The van der Waals surface area contributed by atoms with Crippen LogP contribution in [-0.4, -0.2) is 25.6 Å². The second-order valence-electron chi connectivity index (χ2n) is 7.26. The van der Waals surface area contributed by atoms with E-state index < -0.39 is 0 Å². The Bertz CT molecular complexity index is 1190. The van der Waals surface area contributed by atoms with Crippen molar-refractivity contribution in [2.45, 2.75) is 33.8 Å². The Labute approximate surface area is 183 Å². The van der Waals surface area contributed by atoms with Crippen molar-refractivity contribution in [1.29, 1.82) is 0 Å². The van der Waals surface area contributed by atoms with Gasteiger partial charge in [-0.15, -0.1) is 0 Å². The number of nitrogens with one attached hydrogen (secondary N) is 1. The van der Waals surface area contributed by atoms with E-state index in [9.17, 15) is 4.79 Å². The normalized spacial score (nSPS) is 11.0. The summed E-state index contributed by atoms with van der Waals surface area (Å²) in [5.41, 5.74) is 3.51. The van der Waals surface area contributed by atoms with Gasteiger partial charge in [0.2, 0.25) is 5.91 Å². The Morgan fingerprint density at radius 1 is 1.19 bits per heavy atom. The van der Waals surface area contributed by atoms with Gasteiger partial charge in [-0.2, -0.15) is 0 Å². The third kappa shape index (κ3) is 4.66. The largest absolute Gasteiger partial charge is 0.489 e. The molecule has 160 valence electrons. The van der Waals surface area contributed by atoms with Crippen molar-refractivity contribution in [3.8, 4) is 16.5 Å². The summed E-state index contributed by atoms with van der Waals surface area (Å²) in [6.07, 6.45) is 3.88. The van der Waals surface area contributed by atoms with Crippen LogP contribution in [0, 0.1) is 20.8 Å². The first kappa shape index (κ1) is 20.8. The van der Waals surface area contributed by atoms with Crippen molar-refractivity contribution in [3.63, 3.8) is 0 Å². The first-order chi connectivity index (χ1) is 14.9. The van der Waals surface area contributed by atoms with Crippen LogP contribution in [0.15, 0.2) is 41.2 Å². The molecule has 0 aliphatic heterocycles. The van der Waals surface area contributed by atoms with Crippen LogP contribution in [0.1, 0.15) is 28.3 Å². The molecule has 8 nitrogen and oxygen atoms in total. The van der Waals surface area contributed by atoms with Gasteiger partial charge in [0.1, 0.15) is 18.1 Å².